The molecule has 0 aliphatic carbocycles. The number of aromatic nitrogens is 2. The van der Waals surface area contributed by atoms with Gasteiger partial charge >= 0.3 is 0 Å². The van der Waals surface area contributed by atoms with Crippen molar-refractivity contribution in [3.63, 3.8) is 0 Å². The van der Waals surface area contributed by atoms with Crippen molar-refractivity contribution in [3.05, 3.63) is 59.8 Å². The molecule has 0 atom stereocenters. The number of ether oxygens (including phenoxy) is 1. The van der Waals surface area contributed by atoms with Crippen LogP contribution in [0.1, 0.15) is 11.1 Å². The molecule has 2 N–H and O–H groups in total. The highest BCUT2D eigenvalue weighted by atomic mass is 32.2. The Morgan fingerprint density at radius 2 is 1.96 bits per heavy atom. The van der Waals surface area contributed by atoms with Gasteiger partial charge in [-0.2, -0.15) is 0 Å². The van der Waals surface area contributed by atoms with E-state index in [2.05, 4.69) is 15.3 Å². The van der Waals surface area contributed by atoms with E-state index < -0.39 is 0 Å². The van der Waals surface area contributed by atoms with Crippen LogP contribution in [0.4, 0.5) is 5.69 Å². The van der Waals surface area contributed by atoms with Gasteiger partial charge in [-0.05, 0) is 60.9 Å². The first-order chi connectivity index (χ1) is 12.6. The van der Waals surface area contributed by atoms with Crippen molar-refractivity contribution >= 4 is 23.4 Å². The Bertz CT molecular complexity index is 904. The van der Waals surface area contributed by atoms with E-state index in [0.717, 1.165) is 33.8 Å². The summed E-state index contributed by atoms with van der Waals surface area (Å²) in [6, 6.07) is 13.6. The van der Waals surface area contributed by atoms with Crippen molar-refractivity contribution in [3.8, 4) is 17.0 Å². The largest absolute Gasteiger partial charge is 0.497 e. The third kappa shape index (κ3) is 4.26. The molecule has 3 aromatic rings. The van der Waals surface area contributed by atoms with Gasteiger partial charge in [0.2, 0.25) is 5.91 Å². The van der Waals surface area contributed by atoms with Crippen LogP contribution < -0.4 is 10.1 Å². The topological polar surface area (TPSA) is 67.0 Å². The molecule has 0 bridgehead atoms. The zero-order valence-corrected chi connectivity index (χ0v) is 15.8. The Morgan fingerprint density at radius 3 is 2.69 bits per heavy atom. The maximum Gasteiger partial charge on any atom is 0.234 e. The predicted molar refractivity (Wildman–Crippen MR) is 106 cm³/mol. The minimum absolute atomic E-state index is 0.0499. The molecule has 0 saturated heterocycles. The van der Waals surface area contributed by atoms with Crippen molar-refractivity contribution in [2.75, 3.05) is 18.2 Å². The molecule has 0 unspecified atom stereocenters. The number of imidazole rings is 1. The van der Waals surface area contributed by atoms with E-state index in [1.807, 2.05) is 56.3 Å². The molecule has 0 fully saturated rings. The Morgan fingerprint density at radius 1 is 1.19 bits per heavy atom. The number of aromatic amines is 1. The van der Waals surface area contributed by atoms with Gasteiger partial charge < -0.3 is 15.0 Å². The third-order valence-electron chi connectivity index (χ3n) is 4.17. The molecular formula is C20H21N3O2S. The Balaban J connectivity index is 1.59. The maximum absolute atomic E-state index is 12.2. The highest BCUT2D eigenvalue weighted by Crippen LogP contribution is 2.24. The standard InChI is InChI=1S/C20H21N3O2S/c1-13-5-4-6-17(14(13)2)22-19(24)12-26-20-21-11-18(23-20)15-7-9-16(25-3)10-8-15/h4-11H,12H2,1-3H3,(H,21,23)(H,22,24). The normalized spacial score (nSPS) is 10.6. The summed E-state index contributed by atoms with van der Waals surface area (Å²) in [5, 5.41) is 3.67. The van der Waals surface area contributed by atoms with Gasteiger partial charge in [0.25, 0.3) is 0 Å². The fraction of sp³-hybridized carbons (Fsp3) is 0.200. The first kappa shape index (κ1) is 18.1. The molecule has 1 heterocycles. The number of anilines is 1. The van der Waals surface area contributed by atoms with Gasteiger partial charge in [-0.15, -0.1) is 0 Å². The zero-order chi connectivity index (χ0) is 18.5. The summed E-state index contributed by atoms with van der Waals surface area (Å²) in [6.45, 7) is 4.04. The van der Waals surface area contributed by atoms with Crippen molar-refractivity contribution in [1.82, 2.24) is 9.97 Å². The van der Waals surface area contributed by atoms with Gasteiger partial charge in [-0.25, -0.2) is 4.98 Å². The molecule has 1 amide bonds. The van der Waals surface area contributed by atoms with Crippen LogP contribution >= 0.6 is 11.8 Å². The molecule has 0 saturated carbocycles. The van der Waals surface area contributed by atoms with Crippen molar-refractivity contribution in [2.24, 2.45) is 0 Å². The van der Waals surface area contributed by atoms with E-state index in [1.165, 1.54) is 11.8 Å². The monoisotopic (exact) mass is 367 g/mol. The second-order valence-electron chi connectivity index (χ2n) is 5.91. The lowest BCUT2D eigenvalue weighted by Gasteiger charge is -2.09. The van der Waals surface area contributed by atoms with Gasteiger partial charge in [0.15, 0.2) is 5.16 Å². The minimum atomic E-state index is -0.0499. The number of nitrogens with one attached hydrogen (secondary N) is 2. The number of aryl methyl sites for hydroxylation is 1. The van der Waals surface area contributed by atoms with Crippen LogP contribution in [0, 0.1) is 13.8 Å². The lowest BCUT2D eigenvalue weighted by atomic mass is 10.1. The van der Waals surface area contributed by atoms with Gasteiger partial charge in [0.1, 0.15) is 5.75 Å². The number of nitrogens with zero attached hydrogens (tertiary/aromatic N) is 1. The summed E-state index contributed by atoms with van der Waals surface area (Å²) < 4.78 is 5.17. The molecular weight excluding hydrogens is 346 g/mol. The minimum Gasteiger partial charge on any atom is -0.497 e. The molecule has 0 spiro atoms. The second kappa shape index (κ2) is 8.10. The molecule has 3 rings (SSSR count). The number of hydrogen-bond donors (Lipinski definition) is 2. The number of hydrogen-bond acceptors (Lipinski definition) is 4. The lowest BCUT2D eigenvalue weighted by Crippen LogP contribution is -2.15. The van der Waals surface area contributed by atoms with Gasteiger partial charge in [0, 0.05) is 5.69 Å². The van der Waals surface area contributed by atoms with Crippen LogP contribution in [-0.2, 0) is 4.79 Å². The van der Waals surface area contributed by atoms with Crippen LogP contribution in [0.15, 0.2) is 53.8 Å². The maximum atomic E-state index is 12.2. The molecule has 0 aliphatic heterocycles. The van der Waals surface area contributed by atoms with Crippen LogP contribution in [0.25, 0.3) is 11.3 Å². The average Bonchev–Trinajstić information content (AvgIpc) is 3.13. The zero-order valence-electron chi connectivity index (χ0n) is 15.0. The fourth-order valence-corrected chi connectivity index (χ4v) is 3.15. The van der Waals surface area contributed by atoms with E-state index in [9.17, 15) is 4.79 Å². The van der Waals surface area contributed by atoms with E-state index in [-0.39, 0.29) is 5.91 Å². The van der Waals surface area contributed by atoms with Crippen LogP contribution in [0.2, 0.25) is 0 Å². The van der Waals surface area contributed by atoms with Crippen molar-refractivity contribution in [2.45, 2.75) is 19.0 Å². The van der Waals surface area contributed by atoms with Gasteiger partial charge in [0.05, 0.1) is 24.8 Å². The molecule has 0 aliphatic rings. The van der Waals surface area contributed by atoms with Crippen LogP contribution in [0.3, 0.4) is 0 Å². The number of carbonyl (C=O) groups excluding carboxylic acids is 1. The van der Waals surface area contributed by atoms with E-state index >= 15 is 0 Å². The van der Waals surface area contributed by atoms with E-state index in [4.69, 9.17) is 4.74 Å². The number of H-pyrrole nitrogens is 1. The smallest absolute Gasteiger partial charge is 0.234 e. The number of thioether (sulfide) groups is 1. The summed E-state index contributed by atoms with van der Waals surface area (Å²) in [5.74, 6) is 1.06. The third-order valence-corrected chi connectivity index (χ3v) is 5.06. The highest BCUT2D eigenvalue weighted by Gasteiger charge is 2.09. The first-order valence-electron chi connectivity index (χ1n) is 8.25. The first-order valence-corrected chi connectivity index (χ1v) is 9.23. The highest BCUT2D eigenvalue weighted by molar-refractivity contribution is 7.99. The van der Waals surface area contributed by atoms with E-state index in [0.29, 0.717) is 10.9 Å². The van der Waals surface area contributed by atoms with Crippen molar-refractivity contribution in [1.29, 1.82) is 0 Å². The number of carbonyl (C=O) groups is 1. The number of benzene rings is 2. The van der Waals surface area contributed by atoms with Crippen LogP contribution in [0.5, 0.6) is 5.75 Å². The summed E-state index contributed by atoms with van der Waals surface area (Å²) in [4.78, 5) is 19.8. The van der Waals surface area contributed by atoms with Crippen LogP contribution in [-0.4, -0.2) is 28.7 Å². The van der Waals surface area contributed by atoms with Gasteiger partial charge in [-0.1, -0.05) is 23.9 Å². The number of amides is 1. The molecule has 5 nitrogen and oxygen atoms in total. The number of methoxy groups -OCH3 is 1. The molecule has 1 aromatic heterocycles. The lowest BCUT2D eigenvalue weighted by molar-refractivity contribution is -0.113. The molecule has 134 valence electrons. The second-order valence-corrected chi connectivity index (χ2v) is 6.88. The number of rotatable bonds is 6. The summed E-state index contributed by atoms with van der Waals surface area (Å²) >= 11 is 1.38. The Labute approximate surface area is 157 Å². The van der Waals surface area contributed by atoms with Crippen molar-refractivity contribution < 1.29 is 9.53 Å². The summed E-state index contributed by atoms with van der Waals surface area (Å²) in [5.41, 5.74) is 5.03. The quantitative estimate of drug-likeness (QED) is 0.633. The summed E-state index contributed by atoms with van der Waals surface area (Å²) in [7, 11) is 1.64. The van der Waals surface area contributed by atoms with E-state index in [1.54, 1.807) is 13.3 Å². The average molecular weight is 367 g/mol. The predicted octanol–water partition coefficient (Wildman–Crippen LogP) is 4.43. The Kier molecular flexibility index (Phi) is 5.63. The summed E-state index contributed by atoms with van der Waals surface area (Å²) in [6.07, 6.45) is 1.77. The molecule has 6 heteroatoms. The van der Waals surface area contributed by atoms with Gasteiger partial charge in [-0.3, -0.25) is 4.79 Å². The molecule has 26 heavy (non-hydrogen) atoms. The fourth-order valence-electron chi connectivity index (χ4n) is 2.50. The molecule has 2 aromatic carbocycles. The molecule has 0 radical (unpaired) electrons. The SMILES string of the molecule is COc1ccc(-c2cnc(SCC(=O)Nc3cccc(C)c3C)[nH]2)cc1. The Hall–Kier alpha value is -2.73.